The van der Waals surface area contributed by atoms with Crippen molar-refractivity contribution in [2.75, 3.05) is 63.3 Å². The molecule has 3 aliphatic heterocycles. The van der Waals surface area contributed by atoms with Crippen molar-refractivity contribution < 1.29 is 9.47 Å². The highest BCUT2D eigenvalue weighted by molar-refractivity contribution is 8.05. The second-order valence-corrected chi connectivity index (χ2v) is 13.4. The van der Waals surface area contributed by atoms with E-state index in [0.717, 1.165) is 65.0 Å². The molecule has 1 unspecified atom stereocenters. The summed E-state index contributed by atoms with van der Waals surface area (Å²) in [6, 6.07) is 20.8. The third kappa shape index (κ3) is 6.21. The van der Waals surface area contributed by atoms with Gasteiger partial charge in [0.05, 0.1) is 43.4 Å². The van der Waals surface area contributed by atoms with Crippen molar-refractivity contribution >= 4 is 34.9 Å². The van der Waals surface area contributed by atoms with Crippen LogP contribution >= 0.6 is 23.5 Å². The number of morpholine rings is 2. The summed E-state index contributed by atoms with van der Waals surface area (Å²) in [5, 5.41) is 3.77. The Balaban J connectivity index is 1.16. The van der Waals surface area contributed by atoms with E-state index in [4.69, 9.17) is 14.5 Å². The molecule has 0 bridgehead atoms. The Morgan fingerprint density at radius 2 is 1.86 bits per heavy atom. The van der Waals surface area contributed by atoms with E-state index in [0.29, 0.717) is 19.8 Å². The van der Waals surface area contributed by atoms with E-state index in [2.05, 4.69) is 88.7 Å². The van der Waals surface area contributed by atoms with Gasteiger partial charge in [-0.1, -0.05) is 41.7 Å². The molecule has 5 heterocycles. The van der Waals surface area contributed by atoms with E-state index in [1.165, 1.54) is 14.7 Å². The highest BCUT2D eigenvalue weighted by Gasteiger charge is 2.30. The van der Waals surface area contributed by atoms with Crippen LogP contribution in [-0.2, 0) is 9.47 Å². The molecular weight excluding hydrogens is 579 g/mol. The van der Waals surface area contributed by atoms with Gasteiger partial charge in [0.1, 0.15) is 0 Å². The van der Waals surface area contributed by atoms with E-state index < -0.39 is 0 Å². The maximum Gasteiger partial charge on any atom is 0.250 e. The zero-order valence-electron chi connectivity index (χ0n) is 24.3. The minimum atomic E-state index is -0.0908. The van der Waals surface area contributed by atoms with Crippen molar-refractivity contribution in [3.63, 3.8) is 0 Å². The summed E-state index contributed by atoms with van der Waals surface area (Å²) >= 11 is 3.53. The van der Waals surface area contributed by atoms with Gasteiger partial charge >= 0.3 is 0 Å². The van der Waals surface area contributed by atoms with Gasteiger partial charge in [-0.3, -0.25) is 9.78 Å². The lowest BCUT2D eigenvalue weighted by molar-refractivity contribution is -0.0297. The molecule has 2 fully saturated rings. The molecule has 2 aromatic heterocycles. The maximum absolute atomic E-state index is 12.7. The largest absolute Gasteiger partial charge is 0.378 e. The number of aromatic amines is 1. The molecule has 2 atom stereocenters. The SMILES string of the molecule is Cc1ccc(C(Nc2ccc3c(c2)Sc2cccc(-c4cc(N5CCOCC5)cc(=O)[nH]4)c2S3)[C@@H]2CN(C)CCO2)nc1. The molecule has 8 nitrogen and oxygen atoms in total. The molecule has 0 radical (unpaired) electrons. The zero-order chi connectivity index (χ0) is 29.3. The van der Waals surface area contributed by atoms with Crippen molar-refractivity contribution in [2.45, 2.75) is 38.7 Å². The van der Waals surface area contributed by atoms with Gasteiger partial charge in [-0.15, -0.1) is 0 Å². The van der Waals surface area contributed by atoms with Crippen LogP contribution in [0.15, 0.2) is 91.2 Å². The minimum absolute atomic E-state index is 0.00863. The molecule has 2 N–H and O–H groups in total. The van der Waals surface area contributed by atoms with E-state index in [9.17, 15) is 4.79 Å². The lowest BCUT2D eigenvalue weighted by Gasteiger charge is -2.36. The summed E-state index contributed by atoms with van der Waals surface area (Å²) in [7, 11) is 2.14. The van der Waals surface area contributed by atoms with Crippen LogP contribution in [0.25, 0.3) is 11.3 Å². The number of likely N-dealkylation sites (N-methyl/N-ethyl adjacent to an activating group) is 1. The molecule has 4 aromatic rings. The van der Waals surface area contributed by atoms with E-state index in [1.54, 1.807) is 29.6 Å². The molecule has 2 saturated heterocycles. The van der Waals surface area contributed by atoms with Gasteiger partial charge in [0.2, 0.25) is 5.56 Å². The van der Waals surface area contributed by atoms with Crippen LogP contribution in [0.3, 0.4) is 0 Å². The van der Waals surface area contributed by atoms with Crippen LogP contribution in [-0.4, -0.2) is 74.0 Å². The Labute approximate surface area is 260 Å². The van der Waals surface area contributed by atoms with Gasteiger partial charge in [-0.05, 0) is 55.9 Å². The van der Waals surface area contributed by atoms with Crippen LogP contribution in [0, 0.1) is 6.92 Å². The first kappa shape index (κ1) is 28.5. The maximum atomic E-state index is 12.7. The lowest BCUT2D eigenvalue weighted by Crippen LogP contribution is -2.45. The minimum Gasteiger partial charge on any atom is -0.378 e. The first-order valence-corrected chi connectivity index (χ1v) is 16.3. The Kier molecular flexibility index (Phi) is 8.20. The number of ether oxygens (including phenoxy) is 2. The molecule has 0 saturated carbocycles. The summed E-state index contributed by atoms with van der Waals surface area (Å²) in [6.45, 7) is 7.47. The van der Waals surface area contributed by atoms with E-state index >= 15 is 0 Å². The van der Waals surface area contributed by atoms with E-state index in [-0.39, 0.29) is 17.7 Å². The summed E-state index contributed by atoms with van der Waals surface area (Å²) < 4.78 is 11.8. The number of hydrogen-bond acceptors (Lipinski definition) is 9. The van der Waals surface area contributed by atoms with Crippen molar-refractivity contribution in [1.29, 1.82) is 0 Å². The summed E-state index contributed by atoms with van der Waals surface area (Å²) in [5.74, 6) is 0. The number of rotatable bonds is 6. The lowest BCUT2D eigenvalue weighted by atomic mass is 10.0. The Morgan fingerprint density at radius 1 is 0.977 bits per heavy atom. The number of H-pyrrole nitrogens is 1. The van der Waals surface area contributed by atoms with Crippen LogP contribution in [0.4, 0.5) is 11.4 Å². The fourth-order valence-electron chi connectivity index (χ4n) is 5.79. The third-order valence-electron chi connectivity index (χ3n) is 8.09. The normalized spacial score (nSPS) is 19.4. The average Bonchev–Trinajstić information content (AvgIpc) is 3.03. The average molecular weight is 614 g/mol. The van der Waals surface area contributed by atoms with Crippen molar-refractivity contribution in [3.05, 3.63) is 88.5 Å². The Morgan fingerprint density at radius 3 is 2.67 bits per heavy atom. The fourth-order valence-corrected chi connectivity index (χ4v) is 8.21. The first-order chi connectivity index (χ1) is 21.0. The molecule has 0 aliphatic carbocycles. The number of pyridine rings is 2. The number of fused-ring (bicyclic) bond motifs is 2. The second-order valence-electron chi connectivity index (χ2n) is 11.3. The molecule has 2 aromatic carbocycles. The first-order valence-electron chi connectivity index (χ1n) is 14.7. The molecule has 10 heteroatoms. The number of aryl methyl sites for hydroxylation is 1. The van der Waals surface area contributed by atoms with Crippen LogP contribution in [0.1, 0.15) is 17.3 Å². The van der Waals surface area contributed by atoms with Gasteiger partial charge in [-0.25, -0.2) is 0 Å². The fraction of sp³-hybridized carbons (Fsp3) is 0.333. The predicted molar refractivity (Wildman–Crippen MR) is 173 cm³/mol. The second kappa shape index (κ2) is 12.4. The molecule has 43 heavy (non-hydrogen) atoms. The monoisotopic (exact) mass is 613 g/mol. The number of aromatic nitrogens is 2. The van der Waals surface area contributed by atoms with Gasteiger partial charge < -0.3 is 29.6 Å². The quantitative estimate of drug-likeness (QED) is 0.251. The summed E-state index contributed by atoms with van der Waals surface area (Å²) in [5.41, 5.74) is 5.89. The third-order valence-corrected chi connectivity index (χ3v) is 10.7. The number of hydrogen-bond donors (Lipinski definition) is 2. The standard InChI is InChI=1S/C33H35N5O3S2/c1-21-6-8-25(34-19-21)32(27-20-37(2)10-15-41-27)35-22-7-9-28-30(16-22)42-29-5-3-4-24(33(29)43-28)26-17-23(18-31(39)36-26)38-11-13-40-14-12-38/h3-9,16-19,27,32,35H,10-15,20H2,1-2H3,(H,36,39)/t27-,32?/m0/s1. The topological polar surface area (TPSA) is 82.7 Å². The van der Waals surface area contributed by atoms with Crippen molar-refractivity contribution in [2.24, 2.45) is 0 Å². The highest BCUT2D eigenvalue weighted by atomic mass is 32.2. The number of benzene rings is 2. The van der Waals surface area contributed by atoms with E-state index in [1.807, 2.05) is 6.20 Å². The number of anilines is 2. The molecule has 0 spiro atoms. The molecule has 222 valence electrons. The summed E-state index contributed by atoms with van der Waals surface area (Å²) in [6.07, 6.45) is 1.92. The van der Waals surface area contributed by atoms with Crippen LogP contribution in [0.5, 0.6) is 0 Å². The predicted octanol–water partition coefficient (Wildman–Crippen LogP) is 5.68. The molecule has 3 aliphatic rings. The molecule has 7 rings (SSSR count). The highest BCUT2D eigenvalue weighted by Crippen LogP contribution is 2.52. The van der Waals surface area contributed by atoms with Gasteiger partial charge in [0, 0.05) is 75.0 Å². The smallest absolute Gasteiger partial charge is 0.250 e. The van der Waals surface area contributed by atoms with Gasteiger partial charge in [-0.2, -0.15) is 0 Å². The van der Waals surface area contributed by atoms with Crippen molar-refractivity contribution in [1.82, 2.24) is 14.9 Å². The Bertz CT molecular complexity index is 1670. The molecular formula is C33H35N5O3S2. The van der Waals surface area contributed by atoms with Gasteiger partial charge in [0.25, 0.3) is 0 Å². The van der Waals surface area contributed by atoms with Crippen LogP contribution in [0.2, 0.25) is 0 Å². The van der Waals surface area contributed by atoms with Gasteiger partial charge in [0.15, 0.2) is 0 Å². The van der Waals surface area contributed by atoms with Crippen LogP contribution < -0.4 is 15.8 Å². The number of nitrogens with zero attached hydrogens (tertiary/aromatic N) is 3. The number of nitrogens with one attached hydrogen (secondary N) is 2. The zero-order valence-corrected chi connectivity index (χ0v) is 26.0. The van der Waals surface area contributed by atoms with Crippen molar-refractivity contribution in [3.8, 4) is 11.3 Å². The summed E-state index contributed by atoms with van der Waals surface area (Å²) in [4.78, 5) is 29.9. The molecule has 0 amide bonds. The Hall–Kier alpha value is -3.28.